The van der Waals surface area contributed by atoms with Gasteiger partial charge >= 0.3 is 5.97 Å². The Kier molecular flexibility index (Phi) is 8.70. The van der Waals surface area contributed by atoms with Crippen molar-refractivity contribution in [1.29, 1.82) is 0 Å². The molecule has 47 heavy (non-hydrogen) atoms. The lowest BCUT2D eigenvalue weighted by molar-refractivity contribution is -0.248. The molecule has 0 bridgehead atoms. The smallest absolute Gasteiger partial charge is 0.303 e. The molecule has 1 heterocycles. The maximum absolute atomic E-state index is 12.9. The summed E-state index contributed by atoms with van der Waals surface area (Å²) in [5.74, 6) is 1.99. The first-order valence-electron chi connectivity index (χ1n) is 19.2. The minimum Gasteiger partial charge on any atom is -0.481 e. The second-order valence-electron chi connectivity index (χ2n) is 18.5. The number of morpholine rings is 1. The first-order valence-corrected chi connectivity index (χ1v) is 19.2. The van der Waals surface area contributed by atoms with Crippen molar-refractivity contribution in [1.82, 2.24) is 4.90 Å². The second-order valence-corrected chi connectivity index (χ2v) is 18.5. The number of ether oxygens (including phenoxy) is 3. The first kappa shape index (κ1) is 34.2. The molecule has 12 atom stereocenters. The summed E-state index contributed by atoms with van der Waals surface area (Å²) in [6, 6.07) is 0. The number of carboxylic acid groups (broad SMARTS) is 1. The SMILES string of the molecule is COC(CCC(=O)O)C[C@@H](C)C1C[C@H](O)[C@@]2(C)C3CC[C@H]4C(C)(C)C(OC5CN(C(=O)CC6CC6)CCO5)CCC45CC35CCC12C. The number of carboxylic acids is 1. The highest BCUT2D eigenvalue weighted by molar-refractivity contribution is 5.76. The number of nitrogens with zero attached hydrogens (tertiary/aromatic N) is 1. The highest BCUT2D eigenvalue weighted by Crippen LogP contribution is 2.89. The zero-order valence-electron chi connectivity index (χ0n) is 30.1. The van der Waals surface area contributed by atoms with Crippen LogP contribution in [0, 0.1) is 56.7 Å². The molecule has 0 aromatic heterocycles. The number of aliphatic carboxylic acids is 1. The fourth-order valence-corrected chi connectivity index (χ4v) is 13.5. The van der Waals surface area contributed by atoms with E-state index < -0.39 is 5.97 Å². The molecule has 8 nitrogen and oxygen atoms in total. The molecule has 0 radical (unpaired) electrons. The highest BCUT2D eigenvalue weighted by Gasteiger charge is 2.83. The summed E-state index contributed by atoms with van der Waals surface area (Å²) in [5.41, 5.74) is 0.612. The van der Waals surface area contributed by atoms with E-state index in [9.17, 15) is 19.8 Å². The van der Waals surface area contributed by atoms with Crippen LogP contribution < -0.4 is 0 Å². The molecular formula is C39H63NO7. The van der Waals surface area contributed by atoms with Crippen LogP contribution in [-0.4, -0.2) is 78.4 Å². The predicted octanol–water partition coefficient (Wildman–Crippen LogP) is 6.67. The molecule has 2 N–H and O–H groups in total. The van der Waals surface area contributed by atoms with Crippen molar-refractivity contribution in [3.8, 4) is 0 Å². The average molecular weight is 658 g/mol. The van der Waals surface area contributed by atoms with Gasteiger partial charge in [0.05, 0.1) is 31.5 Å². The van der Waals surface area contributed by atoms with Crippen LogP contribution in [0.2, 0.25) is 0 Å². The van der Waals surface area contributed by atoms with Gasteiger partial charge in [-0.1, -0.05) is 34.6 Å². The molecule has 8 unspecified atom stereocenters. The van der Waals surface area contributed by atoms with Crippen molar-refractivity contribution in [3.05, 3.63) is 0 Å². The highest BCUT2D eigenvalue weighted by atomic mass is 16.7. The predicted molar refractivity (Wildman–Crippen MR) is 178 cm³/mol. The molecule has 2 spiro atoms. The molecule has 8 heteroatoms. The number of carbonyl (C=O) groups is 2. The Morgan fingerprint density at radius 1 is 1.00 bits per heavy atom. The van der Waals surface area contributed by atoms with E-state index >= 15 is 0 Å². The zero-order valence-corrected chi connectivity index (χ0v) is 30.1. The summed E-state index contributed by atoms with van der Waals surface area (Å²) < 4.78 is 18.7. The van der Waals surface area contributed by atoms with Crippen LogP contribution in [0.5, 0.6) is 0 Å². The van der Waals surface area contributed by atoms with E-state index in [0.717, 1.165) is 25.7 Å². The minimum atomic E-state index is -0.768. The van der Waals surface area contributed by atoms with Crippen molar-refractivity contribution in [2.45, 2.75) is 149 Å². The van der Waals surface area contributed by atoms with E-state index in [1.807, 2.05) is 4.90 Å². The summed E-state index contributed by atoms with van der Waals surface area (Å²) in [5, 5.41) is 21.3. The lowest BCUT2D eigenvalue weighted by Gasteiger charge is -2.64. The van der Waals surface area contributed by atoms with Gasteiger partial charge in [0, 0.05) is 31.9 Å². The third-order valence-electron chi connectivity index (χ3n) is 16.4. The third kappa shape index (κ3) is 5.26. The summed E-state index contributed by atoms with van der Waals surface area (Å²) in [6.45, 7) is 14.0. The van der Waals surface area contributed by atoms with E-state index in [-0.39, 0.29) is 53.2 Å². The number of aliphatic hydroxyl groups is 1. The van der Waals surface area contributed by atoms with Crippen molar-refractivity contribution in [2.75, 3.05) is 26.8 Å². The number of hydrogen-bond acceptors (Lipinski definition) is 6. The first-order chi connectivity index (χ1) is 22.2. The molecule has 0 aromatic rings. The Morgan fingerprint density at radius 3 is 2.43 bits per heavy atom. The molecule has 1 aliphatic heterocycles. The van der Waals surface area contributed by atoms with Gasteiger partial charge in [0.2, 0.25) is 5.91 Å². The summed E-state index contributed by atoms with van der Waals surface area (Å²) in [6.07, 6.45) is 13.2. The summed E-state index contributed by atoms with van der Waals surface area (Å²) >= 11 is 0. The van der Waals surface area contributed by atoms with Crippen LogP contribution in [0.15, 0.2) is 0 Å². The van der Waals surface area contributed by atoms with Crippen molar-refractivity contribution < 1.29 is 34.0 Å². The van der Waals surface area contributed by atoms with Crippen molar-refractivity contribution >= 4 is 11.9 Å². The summed E-state index contributed by atoms with van der Waals surface area (Å²) in [4.78, 5) is 26.1. The molecule has 7 fully saturated rings. The van der Waals surface area contributed by atoms with Crippen molar-refractivity contribution in [2.24, 2.45) is 56.7 Å². The number of rotatable bonds is 11. The number of hydrogen-bond donors (Lipinski definition) is 2. The molecule has 266 valence electrons. The fourth-order valence-electron chi connectivity index (χ4n) is 13.5. The average Bonchev–Trinajstić information content (AvgIpc) is 3.95. The van der Waals surface area contributed by atoms with E-state index in [4.69, 9.17) is 14.2 Å². The Hall–Kier alpha value is -1.22. The molecule has 1 saturated heterocycles. The van der Waals surface area contributed by atoms with Gasteiger partial charge in [0.15, 0.2) is 6.29 Å². The molecule has 1 amide bonds. The molecular weight excluding hydrogens is 594 g/mol. The van der Waals surface area contributed by atoms with E-state index in [2.05, 4.69) is 34.6 Å². The lowest BCUT2D eigenvalue weighted by atomic mass is 9.41. The fraction of sp³-hybridized carbons (Fsp3) is 0.949. The molecule has 6 aliphatic carbocycles. The number of fused-ring (bicyclic) bond motifs is 2. The molecule has 7 rings (SSSR count). The van der Waals surface area contributed by atoms with Crippen molar-refractivity contribution in [3.63, 3.8) is 0 Å². The Bertz CT molecular complexity index is 1220. The van der Waals surface area contributed by atoms with Gasteiger partial charge in [-0.15, -0.1) is 0 Å². The topological polar surface area (TPSA) is 106 Å². The minimum absolute atomic E-state index is 0.0223. The second kappa shape index (κ2) is 11.9. The third-order valence-corrected chi connectivity index (χ3v) is 16.4. The van der Waals surface area contributed by atoms with Gasteiger partial charge in [-0.25, -0.2) is 0 Å². The van der Waals surface area contributed by atoms with Crippen LogP contribution in [0.3, 0.4) is 0 Å². The number of aliphatic hydroxyl groups excluding tert-OH is 1. The van der Waals surface area contributed by atoms with E-state index in [0.29, 0.717) is 73.0 Å². The largest absolute Gasteiger partial charge is 0.481 e. The van der Waals surface area contributed by atoms with Crippen LogP contribution in [0.1, 0.15) is 125 Å². The Balaban J connectivity index is 1.04. The Labute approximate surface area is 283 Å². The van der Waals surface area contributed by atoms with E-state index in [1.54, 1.807) is 7.11 Å². The number of methoxy groups -OCH3 is 1. The van der Waals surface area contributed by atoms with Gasteiger partial charge < -0.3 is 29.3 Å². The standard InChI is InChI=1S/C39H63NO7/c1-24(19-26(45-6)9-12-33(43)44)27-21-30(41)37(5)29-11-10-28-35(2,3)31(13-14-38(28)23-39(29,38)16-15-36(27,37)4)47-34-22-40(17-18-46-34)32(42)20-25-7-8-25/h24-31,34,41H,7-23H2,1-6H3,(H,43,44)/t24-,26?,27?,28+,29?,30+,31?,34?,36?,37-,38?,39?/m1/s1. The molecule has 7 aliphatic rings. The zero-order chi connectivity index (χ0) is 33.6. The molecule has 0 aromatic carbocycles. The molecule has 6 saturated carbocycles. The lowest BCUT2D eigenvalue weighted by Crippen LogP contribution is -2.60. The van der Waals surface area contributed by atoms with Crippen LogP contribution >= 0.6 is 0 Å². The quantitative estimate of drug-likeness (QED) is 0.256. The van der Waals surface area contributed by atoms with Crippen LogP contribution in [0.25, 0.3) is 0 Å². The Morgan fingerprint density at radius 2 is 1.72 bits per heavy atom. The van der Waals surface area contributed by atoms with Gasteiger partial charge in [0.1, 0.15) is 0 Å². The maximum atomic E-state index is 12.9. The van der Waals surface area contributed by atoms with Gasteiger partial charge in [-0.05, 0) is 128 Å². The normalized spacial score (nSPS) is 46.4. The van der Waals surface area contributed by atoms with Gasteiger partial charge in [-0.2, -0.15) is 0 Å². The summed E-state index contributed by atoms with van der Waals surface area (Å²) in [7, 11) is 1.71. The van der Waals surface area contributed by atoms with E-state index in [1.165, 1.54) is 44.9 Å². The van der Waals surface area contributed by atoms with Crippen LogP contribution in [0.4, 0.5) is 0 Å². The number of carbonyl (C=O) groups excluding carboxylic acids is 1. The monoisotopic (exact) mass is 657 g/mol. The number of amides is 1. The van der Waals surface area contributed by atoms with Gasteiger partial charge in [-0.3, -0.25) is 9.59 Å². The van der Waals surface area contributed by atoms with Gasteiger partial charge in [0.25, 0.3) is 0 Å². The van der Waals surface area contributed by atoms with Crippen LogP contribution in [-0.2, 0) is 23.8 Å². The maximum Gasteiger partial charge on any atom is 0.303 e.